The highest BCUT2D eigenvalue weighted by Crippen LogP contribution is 2.05. The first-order chi connectivity index (χ1) is 6.34. The molecular formula is C11H20N2. The van der Waals surface area contributed by atoms with Crippen molar-refractivity contribution >= 4 is 0 Å². The molecule has 1 rings (SSSR count). The molecule has 13 heavy (non-hydrogen) atoms. The highest BCUT2D eigenvalue weighted by atomic mass is 14.7. The van der Waals surface area contributed by atoms with Crippen LogP contribution in [0, 0.1) is 6.92 Å². The monoisotopic (exact) mass is 180 g/mol. The van der Waals surface area contributed by atoms with Gasteiger partial charge in [-0.15, -0.1) is 0 Å². The summed E-state index contributed by atoms with van der Waals surface area (Å²) in [6.07, 6.45) is 3.92. The van der Waals surface area contributed by atoms with Crippen LogP contribution in [0.1, 0.15) is 31.5 Å². The van der Waals surface area contributed by atoms with Gasteiger partial charge in [0.1, 0.15) is 0 Å². The van der Waals surface area contributed by atoms with Gasteiger partial charge in [0, 0.05) is 11.9 Å². The molecule has 0 atom stereocenters. The highest BCUT2D eigenvalue weighted by molar-refractivity contribution is 5.18. The van der Waals surface area contributed by atoms with Crippen LogP contribution < -0.4 is 5.73 Å². The van der Waals surface area contributed by atoms with E-state index in [1.165, 1.54) is 5.56 Å². The lowest BCUT2D eigenvalue weighted by Crippen LogP contribution is -2.01. The molecule has 0 unspecified atom stereocenters. The Morgan fingerprint density at radius 2 is 2.08 bits per heavy atom. The molecule has 0 saturated heterocycles. The van der Waals surface area contributed by atoms with Crippen molar-refractivity contribution < 1.29 is 0 Å². The van der Waals surface area contributed by atoms with Gasteiger partial charge in [0.05, 0.1) is 0 Å². The second-order valence-electron chi connectivity index (χ2n) is 2.64. The maximum absolute atomic E-state index is 5.41. The second-order valence-corrected chi connectivity index (χ2v) is 2.64. The second kappa shape index (κ2) is 7.74. The molecular weight excluding hydrogens is 160 g/mol. The summed E-state index contributed by atoms with van der Waals surface area (Å²) in [5, 5.41) is 0. The summed E-state index contributed by atoms with van der Waals surface area (Å²) in [5.41, 5.74) is 7.85. The van der Waals surface area contributed by atoms with Crippen LogP contribution >= 0.6 is 0 Å². The zero-order valence-corrected chi connectivity index (χ0v) is 8.88. The Hall–Kier alpha value is -0.890. The first kappa shape index (κ1) is 12.1. The van der Waals surface area contributed by atoms with Gasteiger partial charge in [-0.25, -0.2) is 0 Å². The molecule has 0 spiro atoms. The fourth-order valence-electron chi connectivity index (χ4n) is 1.07. The van der Waals surface area contributed by atoms with Crippen molar-refractivity contribution in [1.29, 1.82) is 0 Å². The number of hydrogen-bond acceptors (Lipinski definition) is 2. The predicted octanol–water partition coefficient (Wildman–Crippen LogP) is 2.31. The van der Waals surface area contributed by atoms with Crippen molar-refractivity contribution in [1.82, 2.24) is 4.98 Å². The largest absolute Gasteiger partial charge is 0.330 e. The average Bonchev–Trinajstić information content (AvgIpc) is 2.20. The first-order valence-electron chi connectivity index (χ1n) is 4.95. The number of nitrogens with zero attached hydrogens (tertiary/aromatic N) is 1. The minimum Gasteiger partial charge on any atom is -0.330 e. The molecule has 1 aromatic heterocycles. The molecule has 0 aliphatic heterocycles. The van der Waals surface area contributed by atoms with Gasteiger partial charge in [-0.3, -0.25) is 4.98 Å². The number of rotatable bonds is 3. The molecule has 0 saturated carbocycles. The standard InChI is InChI=1S/C9H14N2.C2H6/c1-8-9(4-2-6-10)5-3-7-11-8;1-2/h3,5,7H,2,4,6,10H2,1H3;1-2H3. The molecule has 1 heterocycles. The van der Waals surface area contributed by atoms with Crippen molar-refractivity contribution in [2.24, 2.45) is 5.73 Å². The normalized spacial score (nSPS) is 8.92. The molecule has 0 aromatic carbocycles. The minimum absolute atomic E-state index is 0.758. The van der Waals surface area contributed by atoms with Crippen LogP contribution in [0.3, 0.4) is 0 Å². The van der Waals surface area contributed by atoms with Gasteiger partial charge in [0.15, 0.2) is 0 Å². The summed E-state index contributed by atoms with van der Waals surface area (Å²) in [4.78, 5) is 4.19. The van der Waals surface area contributed by atoms with Crippen LogP contribution in [0.25, 0.3) is 0 Å². The lowest BCUT2D eigenvalue weighted by Gasteiger charge is -2.01. The fraction of sp³-hybridized carbons (Fsp3) is 0.545. The zero-order chi connectivity index (χ0) is 10.1. The van der Waals surface area contributed by atoms with Gasteiger partial charge in [0.25, 0.3) is 0 Å². The maximum Gasteiger partial charge on any atom is 0.0404 e. The van der Waals surface area contributed by atoms with Crippen LogP contribution in [0.2, 0.25) is 0 Å². The summed E-state index contributed by atoms with van der Waals surface area (Å²) >= 11 is 0. The topological polar surface area (TPSA) is 38.9 Å². The maximum atomic E-state index is 5.41. The number of hydrogen-bond donors (Lipinski definition) is 1. The Morgan fingerprint density at radius 1 is 1.38 bits per heavy atom. The van der Waals surface area contributed by atoms with Crippen LogP contribution in [-0.2, 0) is 6.42 Å². The molecule has 0 bridgehead atoms. The molecule has 0 aliphatic carbocycles. The van der Waals surface area contributed by atoms with Crippen molar-refractivity contribution in [3.8, 4) is 0 Å². The molecule has 1 aromatic rings. The zero-order valence-electron chi connectivity index (χ0n) is 8.88. The predicted molar refractivity (Wildman–Crippen MR) is 57.7 cm³/mol. The fourth-order valence-corrected chi connectivity index (χ4v) is 1.07. The third-order valence-corrected chi connectivity index (χ3v) is 1.77. The van der Waals surface area contributed by atoms with Crippen molar-refractivity contribution in [2.75, 3.05) is 6.54 Å². The van der Waals surface area contributed by atoms with E-state index in [9.17, 15) is 0 Å². The van der Waals surface area contributed by atoms with E-state index < -0.39 is 0 Å². The molecule has 2 N–H and O–H groups in total. The minimum atomic E-state index is 0.758. The van der Waals surface area contributed by atoms with Crippen LogP contribution in [0.15, 0.2) is 18.3 Å². The Labute approximate surface area is 81.2 Å². The molecule has 0 fully saturated rings. The van der Waals surface area contributed by atoms with Gasteiger partial charge in [-0.2, -0.15) is 0 Å². The van der Waals surface area contributed by atoms with E-state index in [1.807, 2.05) is 33.0 Å². The van der Waals surface area contributed by atoms with E-state index >= 15 is 0 Å². The molecule has 74 valence electrons. The molecule has 2 nitrogen and oxygen atoms in total. The molecule has 2 heteroatoms. The third-order valence-electron chi connectivity index (χ3n) is 1.77. The number of pyridine rings is 1. The van der Waals surface area contributed by atoms with Gasteiger partial charge in [-0.05, 0) is 37.9 Å². The van der Waals surface area contributed by atoms with Crippen molar-refractivity contribution in [3.05, 3.63) is 29.6 Å². The smallest absolute Gasteiger partial charge is 0.0404 e. The highest BCUT2D eigenvalue weighted by Gasteiger charge is 1.95. The summed E-state index contributed by atoms with van der Waals surface area (Å²) in [7, 11) is 0. The third kappa shape index (κ3) is 4.63. The van der Waals surface area contributed by atoms with Crippen LogP contribution in [-0.4, -0.2) is 11.5 Å². The van der Waals surface area contributed by atoms with E-state index in [1.54, 1.807) is 0 Å². The van der Waals surface area contributed by atoms with Crippen molar-refractivity contribution in [3.63, 3.8) is 0 Å². The van der Waals surface area contributed by atoms with Gasteiger partial charge in [-0.1, -0.05) is 19.9 Å². The van der Waals surface area contributed by atoms with Gasteiger partial charge in [0.2, 0.25) is 0 Å². The SMILES string of the molecule is CC.Cc1ncccc1CCCN. The van der Waals surface area contributed by atoms with E-state index in [4.69, 9.17) is 5.73 Å². The summed E-state index contributed by atoms with van der Waals surface area (Å²) in [6, 6.07) is 4.08. The summed E-state index contributed by atoms with van der Waals surface area (Å²) in [5.74, 6) is 0. The van der Waals surface area contributed by atoms with Crippen molar-refractivity contribution in [2.45, 2.75) is 33.6 Å². The van der Waals surface area contributed by atoms with E-state index in [0.717, 1.165) is 25.1 Å². The van der Waals surface area contributed by atoms with E-state index in [-0.39, 0.29) is 0 Å². The molecule has 0 aliphatic rings. The average molecular weight is 180 g/mol. The quantitative estimate of drug-likeness (QED) is 0.775. The first-order valence-corrected chi connectivity index (χ1v) is 4.95. The number of aromatic nitrogens is 1. The van der Waals surface area contributed by atoms with E-state index in [0.29, 0.717) is 0 Å². The van der Waals surface area contributed by atoms with Gasteiger partial charge < -0.3 is 5.73 Å². The Balaban J connectivity index is 0.000000671. The summed E-state index contributed by atoms with van der Waals surface area (Å²) < 4.78 is 0. The van der Waals surface area contributed by atoms with Gasteiger partial charge >= 0.3 is 0 Å². The Kier molecular flexibility index (Phi) is 7.21. The lowest BCUT2D eigenvalue weighted by atomic mass is 10.1. The van der Waals surface area contributed by atoms with Crippen LogP contribution in [0.4, 0.5) is 0 Å². The van der Waals surface area contributed by atoms with Crippen LogP contribution in [0.5, 0.6) is 0 Å². The molecule has 0 amide bonds. The van der Waals surface area contributed by atoms with E-state index in [2.05, 4.69) is 11.1 Å². The molecule has 0 radical (unpaired) electrons. The number of aryl methyl sites for hydroxylation is 2. The summed E-state index contributed by atoms with van der Waals surface area (Å²) in [6.45, 7) is 6.79. The lowest BCUT2D eigenvalue weighted by molar-refractivity contribution is 0.821. The Bertz CT molecular complexity index is 221. The Morgan fingerprint density at radius 3 is 2.62 bits per heavy atom. The number of nitrogens with two attached hydrogens (primary N) is 1.